The van der Waals surface area contributed by atoms with E-state index in [0.29, 0.717) is 4.90 Å². The number of hydrogen-bond acceptors (Lipinski definition) is 2. The summed E-state index contributed by atoms with van der Waals surface area (Å²) in [6.07, 6.45) is 4.64. The molecule has 0 bridgehead atoms. The summed E-state index contributed by atoms with van der Waals surface area (Å²) in [6, 6.07) is 5.48. The number of fused-ring (bicyclic) bond motifs is 1. The van der Waals surface area contributed by atoms with Gasteiger partial charge in [0.2, 0.25) is 10.0 Å². The molecule has 2 aliphatic rings. The number of nitrogens with one attached hydrogen (secondary N) is 1. The fraction of sp³-hybridized carbons (Fsp3) is 0.538. The van der Waals surface area contributed by atoms with Crippen molar-refractivity contribution in [2.75, 3.05) is 0 Å². The molecular formula is C13H16ClNO2S. The van der Waals surface area contributed by atoms with Gasteiger partial charge in [0.25, 0.3) is 0 Å². The van der Waals surface area contributed by atoms with Crippen LogP contribution in [0, 0.1) is 0 Å². The SMILES string of the molecule is O=S(=O)(NC1CC(Cl)C1)c1ccc2c(c1)CCC2. The van der Waals surface area contributed by atoms with Crippen molar-refractivity contribution in [1.29, 1.82) is 0 Å². The molecule has 1 fully saturated rings. The summed E-state index contributed by atoms with van der Waals surface area (Å²) in [5, 5.41) is 0.123. The Hall–Kier alpha value is -0.580. The van der Waals surface area contributed by atoms with Gasteiger partial charge in [-0.3, -0.25) is 0 Å². The summed E-state index contributed by atoms with van der Waals surface area (Å²) >= 11 is 5.86. The molecule has 0 saturated heterocycles. The lowest BCUT2D eigenvalue weighted by atomic mass is 9.94. The Labute approximate surface area is 113 Å². The maximum Gasteiger partial charge on any atom is 0.240 e. The summed E-state index contributed by atoms with van der Waals surface area (Å²) in [6.45, 7) is 0. The topological polar surface area (TPSA) is 46.2 Å². The second kappa shape index (κ2) is 4.51. The summed E-state index contributed by atoms with van der Waals surface area (Å²) in [7, 11) is -3.37. The average molecular weight is 286 g/mol. The first kappa shape index (κ1) is 12.5. The lowest BCUT2D eigenvalue weighted by Gasteiger charge is -2.31. The van der Waals surface area contributed by atoms with Gasteiger partial charge in [-0.1, -0.05) is 6.07 Å². The molecule has 0 atom stereocenters. The zero-order valence-corrected chi connectivity index (χ0v) is 11.6. The molecule has 5 heteroatoms. The minimum Gasteiger partial charge on any atom is -0.208 e. The van der Waals surface area contributed by atoms with Crippen LogP contribution in [0.25, 0.3) is 0 Å². The molecular weight excluding hydrogens is 270 g/mol. The van der Waals surface area contributed by atoms with Crippen molar-refractivity contribution in [3.63, 3.8) is 0 Å². The third-order valence-corrected chi connectivity index (χ3v) is 5.66. The van der Waals surface area contributed by atoms with E-state index >= 15 is 0 Å². The lowest BCUT2D eigenvalue weighted by Crippen LogP contribution is -2.44. The minimum absolute atomic E-state index is 0.00533. The van der Waals surface area contributed by atoms with Crippen molar-refractivity contribution in [1.82, 2.24) is 4.72 Å². The summed E-state index contributed by atoms with van der Waals surface area (Å²) in [5.74, 6) is 0. The van der Waals surface area contributed by atoms with Crippen molar-refractivity contribution < 1.29 is 8.42 Å². The molecule has 1 N–H and O–H groups in total. The molecule has 0 heterocycles. The minimum atomic E-state index is -3.37. The highest BCUT2D eigenvalue weighted by atomic mass is 35.5. The van der Waals surface area contributed by atoms with Gasteiger partial charge in [-0.2, -0.15) is 0 Å². The van der Waals surface area contributed by atoms with E-state index in [-0.39, 0.29) is 11.4 Å². The largest absolute Gasteiger partial charge is 0.240 e. The molecule has 0 aromatic heterocycles. The first-order chi connectivity index (χ1) is 8.54. The molecule has 3 nitrogen and oxygen atoms in total. The van der Waals surface area contributed by atoms with Crippen LogP contribution >= 0.6 is 11.6 Å². The predicted octanol–water partition coefficient (Wildman–Crippen LogP) is 2.22. The number of benzene rings is 1. The summed E-state index contributed by atoms with van der Waals surface area (Å²) < 4.78 is 27.1. The Morgan fingerprint density at radius 1 is 1.17 bits per heavy atom. The molecule has 0 unspecified atom stereocenters. The maximum absolute atomic E-state index is 12.2. The van der Waals surface area contributed by atoms with Gasteiger partial charge >= 0.3 is 0 Å². The highest BCUT2D eigenvalue weighted by molar-refractivity contribution is 7.89. The van der Waals surface area contributed by atoms with Crippen LogP contribution in [-0.4, -0.2) is 19.8 Å². The Balaban J connectivity index is 1.80. The number of halogens is 1. The summed E-state index contributed by atoms with van der Waals surface area (Å²) in [4.78, 5) is 0.390. The van der Waals surface area contributed by atoms with E-state index in [1.54, 1.807) is 6.07 Å². The molecule has 0 radical (unpaired) electrons. The van der Waals surface area contributed by atoms with E-state index in [1.165, 1.54) is 11.1 Å². The van der Waals surface area contributed by atoms with E-state index in [4.69, 9.17) is 11.6 Å². The molecule has 2 aliphatic carbocycles. The van der Waals surface area contributed by atoms with Gasteiger partial charge in [-0.15, -0.1) is 11.6 Å². The maximum atomic E-state index is 12.2. The van der Waals surface area contributed by atoms with Gasteiger partial charge < -0.3 is 0 Å². The van der Waals surface area contributed by atoms with Crippen LogP contribution < -0.4 is 4.72 Å². The molecule has 3 rings (SSSR count). The summed E-state index contributed by atoms with van der Waals surface area (Å²) in [5.41, 5.74) is 2.47. The molecule has 98 valence electrons. The Morgan fingerprint density at radius 2 is 1.89 bits per heavy atom. The molecule has 1 aromatic rings. The van der Waals surface area contributed by atoms with Crippen LogP contribution in [0.1, 0.15) is 30.4 Å². The first-order valence-corrected chi connectivity index (χ1v) is 8.25. The second-order valence-electron chi connectivity index (χ2n) is 5.17. The Morgan fingerprint density at radius 3 is 2.61 bits per heavy atom. The highest BCUT2D eigenvalue weighted by Gasteiger charge is 2.31. The number of sulfonamides is 1. The quantitative estimate of drug-likeness (QED) is 0.866. The van der Waals surface area contributed by atoms with Crippen molar-refractivity contribution in [3.05, 3.63) is 29.3 Å². The standard InChI is InChI=1S/C13H16ClNO2S/c14-11-7-12(8-11)15-18(16,17)13-5-4-9-2-1-3-10(9)6-13/h4-6,11-12,15H,1-3,7-8H2. The van der Waals surface area contributed by atoms with Crippen LogP contribution in [0.3, 0.4) is 0 Å². The molecule has 0 amide bonds. The van der Waals surface area contributed by atoms with E-state index in [9.17, 15) is 8.42 Å². The van der Waals surface area contributed by atoms with Crippen LogP contribution in [0.15, 0.2) is 23.1 Å². The van der Waals surface area contributed by atoms with Gasteiger partial charge in [-0.25, -0.2) is 13.1 Å². The fourth-order valence-electron chi connectivity index (χ4n) is 2.65. The van der Waals surface area contributed by atoms with Crippen molar-refractivity contribution in [3.8, 4) is 0 Å². The smallest absolute Gasteiger partial charge is 0.208 e. The number of alkyl halides is 1. The van der Waals surface area contributed by atoms with E-state index in [0.717, 1.165) is 32.1 Å². The van der Waals surface area contributed by atoms with Crippen molar-refractivity contribution in [2.45, 2.75) is 48.4 Å². The molecule has 0 spiro atoms. The monoisotopic (exact) mass is 285 g/mol. The molecule has 1 saturated carbocycles. The van der Waals surface area contributed by atoms with Crippen molar-refractivity contribution in [2.24, 2.45) is 0 Å². The number of rotatable bonds is 3. The molecule has 1 aromatic carbocycles. The van der Waals surface area contributed by atoms with Crippen LogP contribution in [0.5, 0.6) is 0 Å². The van der Waals surface area contributed by atoms with Gasteiger partial charge in [0.15, 0.2) is 0 Å². The normalized spacial score (nSPS) is 26.7. The first-order valence-electron chi connectivity index (χ1n) is 6.33. The highest BCUT2D eigenvalue weighted by Crippen LogP contribution is 2.28. The van der Waals surface area contributed by atoms with Gasteiger partial charge in [0, 0.05) is 11.4 Å². The fourth-order valence-corrected chi connectivity index (χ4v) is 4.39. The zero-order chi connectivity index (χ0) is 12.8. The third-order valence-electron chi connectivity index (χ3n) is 3.78. The third kappa shape index (κ3) is 2.29. The number of aryl methyl sites for hydroxylation is 2. The van der Waals surface area contributed by atoms with E-state index in [1.807, 2.05) is 12.1 Å². The molecule has 18 heavy (non-hydrogen) atoms. The second-order valence-corrected chi connectivity index (χ2v) is 7.50. The van der Waals surface area contributed by atoms with Gasteiger partial charge in [-0.05, 0) is 55.4 Å². The van der Waals surface area contributed by atoms with Crippen LogP contribution in [0.2, 0.25) is 0 Å². The van der Waals surface area contributed by atoms with Crippen LogP contribution in [-0.2, 0) is 22.9 Å². The number of hydrogen-bond donors (Lipinski definition) is 1. The van der Waals surface area contributed by atoms with E-state index < -0.39 is 10.0 Å². The van der Waals surface area contributed by atoms with Crippen molar-refractivity contribution >= 4 is 21.6 Å². The lowest BCUT2D eigenvalue weighted by molar-refractivity contribution is 0.391. The van der Waals surface area contributed by atoms with Crippen LogP contribution in [0.4, 0.5) is 0 Å². The average Bonchev–Trinajstić information content (AvgIpc) is 2.73. The zero-order valence-electron chi connectivity index (χ0n) is 10.0. The predicted molar refractivity (Wildman–Crippen MR) is 71.5 cm³/mol. The Kier molecular flexibility index (Phi) is 3.12. The molecule has 0 aliphatic heterocycles. The Bertz CT molecular complexity index is 564. The van der Waals surface area contributed by atoms with E-state index in [2.05, 4.69) is 4.72 Å². The van der Waals surface area contributed by atoms with Gasteiger partial charge in [0.1, 0.15) is 0 Å². The van der Waals surface area contributed by atoms with Gasteiger partial charge in [0.05, 0.1) is 4.90 Å².